The molecule has 2 amide bonds. The van der Waals surface area contributed by atoms with Crippen LogP contribution in [0.3, 0.4) is 0 Å². The molecule has 8 nitrogen and oxygen atoms in total. The van der Waals surface area contributed by atoms with E-state index in [1.165, 1.54) is 16.8 Å². The fraction of sp³-hybridized carbons (Fsp3) is 0.591. The molecule has 2 atom stereocenters. The summed E-state index contributed by atoms with van der Waals surface area (Å²) in [7, 11) is 0. The lowest BCUT2D eigenvalue weighted by molar-refractivity contribution is -0.135. The number of amides is 2. The number of rotatable bonds is 10. The lowest BCUT2D eigenvalue weighted by Crippen LogP contribution is -2.54. The van der Waals surface area contributed by atoms with Crippen LogP contribution in [-0.2, 0) is 11.3 Å². The number of hydrogen-bond acceptors (Lipinski definition) is 5. The average molecular weight is 490 g/mol. The number of carbonyl (C=O) groups is 2. The van der Waals surface area contributed by atoms with Crippen LogP contribution in [0, 0.1) is 11.2 Å². The topological polar surface area (TPSA) is 116 Å². The Morgan fingerprint density at radius 3 is 2.44 bits per heavy atom. The van der Waals surface area contributed by atoms with Crippen LogP contribution in [0.5, 0.6) is 0 Å². The Hall–Kier alpha value is -2.73. The number of aromatic nitrogens is 2. The molecule has 0 aliphatic heterocycles. The van der Waals surface area contributed by atoms with Gasteiger partial charge in [0.25, 0.3) is 5.91 Å². The smallest absolute Gasteiger partial charge is 0.389 e. The molecule has 0 radical (unpaired) electrons. The van der Waals surface area contributed by atoms with Gasteiger partial charge in [-0.05, 0) is 24.3 Å². The van der Waals surface area contributed by atoms with Crippen LogP contribution in [0.25, 0.3) is 10.9 Å². The number of fused-ring (bicyclic) bond motifs is 1. The second-order valence-electron chi connectivity index (χ2n) is 9.13. The maximum atomic E-state index is 14.5. The summed E-state index contributed by atoms with van der Waals surface area (Å²) in [5.74, 6) is -2.04. The fourth-order valence-electron chi connectivity index (χ4n) is 3.37. The average Bonchev–Trinajstić information content (AvgIpc) is 3.11. The summed E-state index contributed by atoms with van der Waals surface area (Å²) in [5.41, 5.74) is -0.934. The summed E-state index contributed by atoms with van der Waals surface area (Å²) in [5, 5.41) is 27.7. The Kier molecular flexibility index (Phi) is 9.01. The van der Waals surface area contributed by atoms with E-state index in [9.17, 15) is 32.3 Å². The molecule has 0 aliphatic carbocycles. The number of nitrogens with zero attached hydrogens (tertiary/aromatic N) is 2. The first-order valence-corrected chi connectivity index (χ1v) is 10.8. The molecule has 2 aromatic rings. The molecule has 0 fully saturated rings. The number of aliphatic hydroxyl groups excluding tert-OH is 2. The molecular weight excluding hydrogens is 460 g/mol. The van der Waals surface area contributed by atoms with Crippen molar-refractivity contribution in [2.75, 3.05) is 13.2 Å². The van der Waals surface area contributed by atoms with Crippen molar-refractivity contribution in [3.8, 4) is 0 Å². The van der Waals surface area contributed by atoms with Gasteiger partial charge in [0.2, 0.25) is 5.91 Å². The number of aryl methyl sites for hydroxylation is 1. The predicted molar refractivity (Wildman–Crippen MR) is 116 cm³/mol. The molecule has 0 saturated carbocycles. The quantitative estimate of drug-likeness (QED) is 0.302. The molecule has 12 heteroatoms. The standard InChI is InChI=1S/C22H30F4N4O4/c1-21(2,3)18(20(34)27-11-13(32)12-31)28-19(33)16-14-7-6-8-15(23)17(14)30(29-16)10-5-4-9-22(24,25)26/h6-8,13,18,31-32H,4-5,9-12H2,1-3H3,(H,27,34)(H,28,33). The Balaban J connectivity index is 2.27. The van der Waals surface area contributed by atoms with E-state index in [0.29, 0.717) is 0 Å². The molecule has 0 spiro atoms. The van der Waals surface area contributed by atoms with Crippen molar-refractivity contribution in [1.29, 1.82) is 0 Å². The number of alkyl halides is 3. The number of nitrogens with one attached hydrogen (secondary N) is 2. The summed E-state index contributed by atoms with van der Waals surface area (Å²) in [6.45, 7) is 4.32. The van der Waals surface area contributed by atoms with Crippen molar-refractivity contribution >= 4 is 22.7 Å². The van der Waals surface area contributed by atoms with Crippen molar-refractivity contribution in [3.63, 3.8) is 0 Å². The molecule has 1 aromatic carbocycles. The second-order valence-corrected chi connectivity index (χ2v) is 9.13. The highest BCUT2D eigenvalue weighted by Crippen LogP contribution is 2.26. The van der Waals surface area contributed by atoms with E-state index in [4.69, 9.17) is 5.11 Å². The Bertz CT molecular complexity index is 1000. The Morgan fingerprint density at radius 1 is 1.18 bits per heavy atom. The van der Waals surface area contributed by atoms with E-state index in [0.717, 1.165) is 6.07 Å². The first-order chi connectivity index (χ1) is 15.7. The highest BCUT2D eigenvalue weighted by Gasteiger charge is 2.34. The van der Waals surface area contributed by atoms with Crippen LogP contribution < -0.4 is 10.6 Å². The van der Waals surface area contributed by atoms with Gasteiger partial charge < -0.3 is 20.8 Å². The number of benzene rings is 1. The number of carbonyl (C=O) groups excluding carboxylic acids is 2. The monoisotopic (exact) mass is 490 g/mol. The van der Waals surface area contributed by atoms with E-state index in [1.807, 2.05) is 0 Å². The van der Waals surface area contributed by atoms with E-state index < -0.39 is 54.4 Å². The summed E-state index contributed by atoms with van der Waals surface area (Å²) >= 11 is 0. The van der Waals surface area contributed by atoms with E-state index >= 15 is 0 Å². The van der Waals surface area contributed by atoms with Crippen LogP contribution in [0.1, 0.15) is 50.5 Å². The molecular formula is C22H30F4N4O4. The molecule has 4 N–H and O–H groups in total. The van der Waals surface area contributed by atoms with E-state index in [-0.39, 0.29) is 42.5 Å². The number of para-hydroxylation sites is 1. The van der Waals surface area contributed by atoms with Gasteiger partial charge in [-0.25, -0.2) is 4.39 Å². The molecule has 34 heavy (non-hydrogen) atoms. The predicted octanol–water partition coefficient (Wildman–Crippen LogP) is 2.52. The third-order valence-corrected chi connectivity index (χ3v) is 5.14. The molecule has 1 aromatic heterocycles. The van der Waals surface area contributed by atoms with Crippen LogP contribution >= 0.6 is 0 Å². The molecule has 1 heterocycles. The number of aliphatic hydroxyl groups is 2. The number of hydrogen-bond donors (Lipinski definition) is 4. The van der Waals surface area contributed by atoms with Gasteiger partial charge in [-0.15, -0.1) is 0 Å². The van der Waals surface area contributed by atoms with Crippen LogP contribution in [0.2, 0.25) is 0 Å². The maximum absolute atomic E-state index is 14.5. The highest BCUT2D eigenvalue weighted by atomic mass is 19.4. The maximum Gasteiger partial charge on any atom is 0.389 e. The zero-order valence-corrected chi connectivity index (χ0v) is 19.2. The first kappa shape index (κ1) is 27.5. The van der Waals surface area contributed by atoms with Gasteiger partial charge in [-0.2, -0.15) is 18.3 Å². The minimum atomic E-state index is -4.29. The van der Waals surface area contributed by atoms with Crippen molar-refractivity contribution in [1.82, 2.24) is 20.4 Å². The molecule has 2 rings (SSSR count). The van der Waals surface area contributed by atoms with Gasteiger partial charge in [-0.3, -0.25) is 14.3 Å². The molecule has 0 bridgehead atoms. The first-order valence-electron chi connectivity index (χ1n) is 10.8. The lowest BCUT2D eigenvalue weighted by Gasteiger charge is -2.30. The molecule has 0 saturated heterocycles. The van der Waals surface area contributed by atoms with Crippen molar-refractivity contribution < 1.29 is 37.4 Å². The fourth-order valence-corrected chi connectivity index (χ4v) is 3.37. The van der Waals surface area contributed by atoms with Crippen LogP contribution in [-0.4, -0.2) is 63.3 Å². The number of unbranched alkanes of at least 4 members (excludes halogenated alkanes) is 1. The summed E-state index contributed by atoms with van der Waals surface area (Å²) in [4.78, 5) is 25.7. The van der Waals surface area contributed by atoms with Gasteiger partial charge in [-0.1, -0.05) is 32.9 Å². The van der Waals surface area contributed by atoms with Gasteiger partial charge in [0.05, 0.1) is 12.7 Å². The summed E-state index contributed by atoms with van der Waals surface area (Å²) < 4.78 is 52.9. The molecule has 0 aliphatic rings. The van der Waals surface area contributed by atoms with Gasteiger partial charge in [0, 0.05) is 24.9 Å². The largest absolute Gasteiger partial charge is 0.394 e. The van der Waals surface area contributed by atoms with E-state index in [2.05, 4.69) is 15.7 Å². The normalized spacial score (nSPS) is 14.1. The van der Waals surface area contributed by atoms with Crippen LogP contribution in [0.15, 0.2) is 18.2 Å². The molecule has 2 unspecified atom stereocenters. The lowest BCUT2D eigenvalue weighted by atomic mass is 9.86. The zero-order valence-electron chi connectivity index (χ0n) is 19.2. The van der Waals surface area contributed by atoms with Gasteiger partial charge in [0.15, 0.2) is 5.69 Å². The number of halogens is 4. The molecule has 190 valence electrons. The Labute approximate surface area is 194 Å². The van der Waals surface area contributed by atoms with Crippen molar-refractivity contribution in [3.05, 3.63) is 29.7 Å². The Morgan fingerprint density at radius 2 is 1.85 bits per heavy atom. The second kappa shape index (κ2) is 11.1. The minimum Gasteiger partial charge on any atom is -0.394 e. The summed E-state index contributed by atoms with van der Waals surface area (Å²) in [6, 6.07) is 2.95. The minimum absolute atomic E-state index is 0.0116. The van der Waals surface area contributed by atoms with Crippen molar-refractivity contribution in [2.45, 2.75) is 64.9 Å². The third kappa shape index (κ3) is 7.39. The van der Waals surface area contributed by atoms with Crippen molar-refractivity contribution in [2.24, 2.45) is 5.41 Å². The third-order valence-electron chi connectivity index (χ3n) is 5.14. The van der Waals surface area contributed by atoms with Gasteiger partial charge >= 0.3 is 6.18 Å². The zero-order chi connectivity index (χ0) is 25.7. The summed E-state index contributed by atoms with van der Waals surface area (Å²) in [6.07, 6.45) is -6.54. The highest BCUT2D eigenvalue weighted by molar-refractivity contribution is 6.06. The SMILES string of the molecule is CC(C)(C)C(NC(=O)c1nn(CCCCC(F)(F)F)c2c(F)cccc12)C(=O)NCC(O)CO. The van der Waals surface area contributed by atoms with Gasteiger partial charge in [0.1, 0.15) is 17.4 Å². The van der Waals surface area contributed by atoms with Crippen LogP contribution in [0.4, 0.5) is 17.6 Å². The van der Waals surface area contributed by atoms with E-state index in [1.54, 1.807) is 20.8 Å².